The Hall–Kier alpha value is -2.77. The van der Waals surface area contributed by atoms with Gasteiger partial charge in [-0.1, -0.05) is 31.5 Å². The van der Waals surface area contributed by atoms with Gasteiger partial charge in [-0.25, -0.2) is 4.79 Å². The van der Waals surface area contributed by atoms with Crippen LogP contribution in [-0.2, 0) is 16.6 Å². The van der Waals surface area contributed by atoms with Crippen LogP contribution in [0.3, 0.4) is 0 Å². The molecule has 2 aliphatic heterocycles. The van der Waals surface area contributed by atoms with Gasteiger partial charge in [0.15, 0.2) is 11.5 Å². The molecule has 2 heterocycles. The van der Waals surface area contributed by atoms with Crippen LogP contribution in [0.25, 0.3) is 0 Å². The van der Waals surface area contributed by atoms with Crippen LogP contribution in [0.15, 0.2) is 36.4 Å². The first kappa shape index (κ1) is 26.5. The van der Waals surface area contributed by atoms with Gasteiger partial charge in [0.1, 0.15) is 6.10 Å². The maximum absolute atomic E-state index is 12.8. The smallest absolute Gasteiger partial charge is 0.319 e. The van der Waals surface area contributed by atoms with Crippen molar-refractivity contribution in [3.05, 3.63) is 53.1 Å². The summed E-state index contributed by atoms with van der Waals surface area (Å²) in [4.78, 5) is 15.5. The number of ether oxygens (including phenoxy) is 2. The summed E-state index contributed by atoms with van der Waals surface area (Å²) in [7, 11) is 1.74. The summed E-state index contributed by atoms with van der Waals surface area (Å²) in [5, 5.41) is 17.0. The SMILES string of the molecule is CC[C@@H](CNC(=O)Nc1cccc(C)c1)CC1C2Cc3ccc(O)c4c3C1(CCN2CC1CC1)[C@H](COC)O4. The van der Waals surface area contributed by atoms with Crippen molar-refractivity contribution in [3.8, 4) is 11.5 Å². The number of methoxy groups -OCH3 is 1. The van der Waals surface area contributed by atoms with Gasteiger partial charge < -0.3 is 25.2 Å². The van der Waals surface area contributed by atoms with Crippen molar-refractivity contribution in [1.29, 1.82) is 0 Å². The first-order chi connectivity index (χ1) is 18.9. The summed E-state index contributed by atoms with van der Waals surface area (Å²) >= 11 is 0. The van der Waals surface area contributed by atoms with E-state index in [4.69, 9.17) is 9.47 Å². The van der Waals surface area contributed by atoms with Crippen LogP contribution >= 0.6 is 0 Å². The van der Waals surface area contributed by atoms with E-state index < -0.39 is 0 Å². The molecule has 1 saturated heterocycles. The largest absolute Gasteiger partial charge is 0.504 e. The highest BCUT2D eigenvalue weighted by molar-refractivity contribution is 5.89. The Labute approximate surface area is 232 Å². The molecular formula is C32H43N3O4. The van der Waals surface area contributed by atoms with Gasteiger partial charge in [0.25, 0.3) is 0 Å². The van der Waals surface area contributed by atoms with Crippen molar-refractivity contribution in [2.75, 3.05) is 38.7 Å². The molecule has 6 rings (SSSR count). The number of hydrogen-bond acceptors (Lipinski definition) is 5. The summed E-state index contributed by atoms with van der Waals surface area (Å²) in [6.07, 6.45) is 6.57. The standard InChI is InChI=1S/C32H43N3O4/c1-4-21(17-33-31(37)34-24-7-5-6-20(2)14-24)15-25-26-16-23-10-11-27(36)30-29(23)32(25,28(39-30)19-38-3)12-13-35(26)18-22-8-9-22/h5-7,10-11,14,21-22,25-26,28,36H,4,8-9,12-13,15-19H2,1-3H3,(H2,33,34,37)/t21-,25?,26?,28+,32?/m1/s1. The number of carbonyl (C=O) groups excluding carboxylic acids is 1. The number of anilines is 1. The number of piperidine rings is 1. The number of rotatable bonds is 10. The first-order valence-corrected chi connectivity index (χ1v) is 14.8. The zero-order chi connectivity index (χ0) is 27.1. The zero-order valence-electron chi connectivity index (χ0n) is 23.5. The molecule has 7 nitrogen and oxygen atoms in total. The molecule has 1 saturated carbocycles. The fraction of sp³-hybridized carbons (Fsp3) is 0.594. The van der Waals surface area contributed by atoms with Gasteiger partial charge in [-0.15, -0.1) is 0 Å². The third-order valence-corrected chi connectivity index (χ3v) is 9.86. The number of phenols is 1. The molecule has 3 N–H and O–H groups in total. The van der Waals surface area contributed by atoms with E-state index in [1.165, 1.54) is 30.5 Å². The topological polar surface area (TPSA) is 83.1 Å². The Morgan fingerprint density at radius 3 is 2.87 bits per heavy atom. The minimum atomic E-state index is -0.181. The number of hydrogen-bond donors (Lipinski definition) is 3. The molecule has 4 aliphatic rings. The lowest BCUT2D eigenvalue weighted by molar-refractivity contribution is -0.0564. The summed E-state index contributed by atoms with van der Waals surface area (Å²) in [6, 6.07) is 12.1. The number of nitrogens with zero attached hydrogens (tertiary/aromatic N) is 1. The van der Waals surface area contributed by atoms with Crippen LogP contribution in [0.4, 0.5) is 10.5 Å². The van der Waals surface area contributed by atoms with Crippen molar-refractivity contribution >= 4 is 11.7 Å². The van der Waals surface area contributed by atoms with Crippen molar-refractivity contribution in [1.82, 2.24) is 10.2 Å². The van der Waals surface area contributed by atoms with Crippen LogP contribution in [0.1, 0.15) is 55.7 Å². The Morgan fingerprint density at radius 2 is 2.13 bits per heavy atom. The van der Waals surface area contributed by atoms with Gasteiger partial charge in [0.2, 0.25) is 0 Å². The number of benzene rings is 2. The molecule has 2 fully saturated rings. The van der Waals surface area contributed by atoms with E-state index >= 15 is 0 Å². The van der Waals surface area contributed by atoms with E-state index in [-0.39, 0.29) is 23.3 Å². The number of phenolic OH excluding ortho intramolecular Hbond substituents is 1. The van der Waals surface area contributed by atoms with E-state index in [1.54, 1.807) is 7.11 Å². The van der Waals surface area contributed by atoms with Crippen LogP contribution in [-0.4, -0.2) is 61.5 Å². The average molecular weight is 534 g/mol. The second-order valence-corrected chi connectivity index (χ2v) is 12.3. The fourth-order valence-electron chi connectivity index (χ4n) is 7.75. The number of fused-ring (bicyclic) bond motifs is 1. The molecule has 2 aromatic rings. The third kappa shape index (κ3) is 4.89. The maximum Gasteiger partial charge on any atom is 0.319 e. The number of likely N-dealkylation sites (tertiary alicyclic amines) is 1. The molecule has 0 aromatic heterocycles. The van der Waals surface area contributed by atoms with E-state index in [1.807, 2.05) is 37.3 Å². The highest BCUT2D eigenvalue weighted by atomic mass is 16.5. The minimum absolute atomic E-state index is 0.115. The lowest BCUT2D eigenvalue weighted by Crippen LogP contribution is -2.64. The van der Waals surface area contributed by atoms with Crippen LogP contribution in [0, 0.1) is 24.7 Å². The Balaban J connectivity index is 1.26. The minimum Gasteiger partial charge on any atom is -0.504 e. The lowest BCUT2D eigenvalue weighted by atomic mass is 9.54. The van der Waals surface area contributed by atoms with Gasteiger partial charge in [-0.2, -0.15) is 0 Å². The molecule has 1 spiro atoms. The molecule has 7 heteroatoms. The average Bonchev–Trinajstić information content (AvgIpc) is 3.67. The predicted octanol–water partition coefficient (Wildman–Crippen LogP) is 5.24. The molecule has 2 amide bonds. The molecule has 39 heavy (non-hydrogen) atoms. The lowest BCUT2D eigenvalue weighted by Gasteiger charge is -2.57. The maximum atomic E-state index is 12.8. The van der Waals surface area contributed by atoms with Gasteiger partial charge >= 0.3 is 6.03 Å². The molecule has 3 unspecified atom stereocenters. The van der Waals surface area contributed by atoms with Crippen LogP contribution in [0.2, 0.25) is 0 Å². The first-order valence-electron chi connectivity index (χ1n) is 14.8. The van der Waals surface area contributed by atoms with Crippen LogP contribution < -0.4 is 15.4 Å². The van der Waals surface area contributed by atoms with E-state index in [2.05, 4.69) is 28.5 Å². The number of amides is 2. The van der Waals surface area contributed by atoms with E-state index in [0.717, 1.165) is 49.4 Å². The van der Waals surface area contributed by atoms with Crippen LogP contribution in [0.5, 0.6) is 11.5 Å². The molecule has 210 valence electrons. The normalized spacial score (nSPS) is 27.9. The molecule has 5 atom stereocenters. The Bertz CT molecular complexity index is 1210. The predicted molar refractivity (Wildman–Crippen MR) is 153 cm³/mol. The summed E-state index contributed by atoms with van der Waals surface area (Å²) < 4.78 is 12.3. The van der Waals surface area contributed by atoms with Gasteiger partial charge in [-0.3, -0.25) is 4.90 Å². The van der Waals surface area contributed by atoms with Gasteiger partial charge in [0, 0.05) is 42.9 Å². The number of aromatic hydroxyl groups is 1. The number of aryl methyl sites for hydroxylation is 1. The number of urea groups is 1. The molecular weight excluding hydrogens is 490 g/mol. The third-order valence-electron chi connectivity index (χ3n) is 9.86. The van der Waals surface area contributed by atoms with Crippen molar-refractivity contribution < 1.29 is 19.4 Å². The molecule has 2 aliphatic carbocycles. The monoisotopic (exact) mass is 533 g/mol. The van der Waals surface area contributed by atoms with Crippen molar-refractivity contribution in [2.45, 2.75) is 69.9 Å². The van der Waals surface area contributed by atoms with Crippen molar-refractivity contribution in [2.24, 2.45) is 17.8 Å². The molecule has 0 radical (unpaired) electrons. The number of nitrogens with one attached hydrogen (secondary N) is 2. The quantitative estimate of drug-likeness (QED) is 0.389. The fourth-order valence-corrected chi connectivity index (χ4v) is 7.75. The zero-order valence-corrected chi connectivity index (χ0v) is 23.5. The Morgan fingerprint density at radius 1 is 1.28 bits per heavy atom. The second kappa shape index (κ2) is 10.7. The van der Waals surface area contributed by atoms with Gasteiger partial charge in [0.05, 0.1) is 6.61 Å². The summed E-state index contributed by atoms with van der Waals surface area (Å²) in [5.41, 5.74) is 4.31. The summed E-state index contributed by atoms with van der Waals surface area (Å²) in [6.45, 7) is 7.63. The van der Waals surface area contributed by atoms with Crippen molar-refractivity contribution in [3.63, 3.8) is 0 Å². The van der Waals surface area contributed by atoms with Gasteiger partial charge in [-0.05, 0) is 92.7 Å². The Kier molecular flexibility index (Phi) is 7.23. The molecule has 2 aromatic carbocycles. The molecule has 2 bridgehead atoms. The summed E-state index contributed by atoms with van der Waals surface area (Å²) in [5.74, 6) is 2.46. The second-order valence-electron chi connectivity index (χ2n) is 12.3. The highest BCUT2D eigenvalue weighted by Crippen LogP contribution is 2.61. The highest BCUT2D eigenvalue weighted by Gasteiger charge is 2.62. The van der Waals surface area contributed by atoms with E-state index in [0.29, 0.717) is 36.8 Å². The number of carbonyl (C=O) groups is 1. The van der Waals surface area contributed by atoms with E-state index in [9.17, 15) is 9.90 Å².